The summed E-state index contributed by atoms with van der Waals surface area (Å²) in [5.74, 6) is 0.209. The monoisotopic (exact) mass is 529 g/mol. The van der Waals surface area contributed by atoms with Gasteiger partial charge in [-0.15, -0.1) is 0 Å². The number of benzene rings is 2. The Morgan fingerprint density at radius 2 is 1.86 bits per heavy atom. The minimum atomic E-state index is -4.00. The topological polar surface area (TPSA) is 145 Å². The number of rotatable bonds is 15. The van der Waals surface area contributed by atoms with Crippen LogP contribution in [0.1, 0.15) is 32.3 Å². The molecular formula is C25H36BN5O5S. The predicted molar refractivity (Wildman–Crippen MR) is 146 cm³/mol. The normalized spacial score (nSPS) is 13.4. The van der Waals surface area contributed by atoms with E-state index in [0.29, 0.717) is 31.6 Å². The van der Waals surface area contributed by atoms with Crippen molar-refractivity contribution in [3.05, 3.63) is 70.6 Å². The molecule has 2 atom stereocenters. The van der Waals surface area contributed by atoms with Gasteiger partial charge in [-0.05, 0) is 60.0 Å². The Balaban J connectivity index is 2.35. The fourth-order valence-corrected chi connectivity index (χ4v) is 5.77. The van der Waals surface area contributed by atoms with E-state index in [0.717, 1.165) is 5.56 Å². The van der Waals surface area contributed by atoms with E-state index in [2.05, 4.69) is 15.3 Å². The number of nitrogens with one attached hydrogen (secondary N) is 1. The number of nitrogens with zero attached hydrogens (tertiary/aromatic N) is 4. The van der Waals surface area contributed by atoms with Crippen LogP contribution in [0.3, 0.4) is 0 Å². The number of aliphatic hydroxyl groups is 1. The lowest BCUT2D eigenvalue weighted by molar-refractivity contribution is 0.0969. The number of hydrogen-bond donors (Lipinski definition) is 2. The van der Waals surface area contributed by atoms with E-state index >= 15 is 0 Å². The van der Waals surface area contributed by atoms with Crippen LogP contribution in [-0.4, -0.2) is 70.4 Å². The molecule has 0 fully saturated rings. The highest BCUT2D eigenvalue weighted by atomic mass is 32.2. The highest BCUT2D eigenvalue weighted by molar-refractivity contribution is 7.89. The number of sulfonamides is 1. The predicted octanol–water partition coefficient (Wildman–Crippen LogP) is 3.12. The van der Waals surface area contributed by atoms with Crippen molar-refractivity contribution in [1.29, 1.82) is 0 Å². The molecule has 0 aromatic heterocycles. The van der Waals surface area contributed by atoms with Crippen LogP contribution < -0.4 is 10.1 Å². The molecule has 0 spiro atoms. The largest absolute Gasteiger partial charge is 0.497 e. The summed E-state index contributed by atoms with van der Waals surface area (Å²) in [5, 5.41) is 17.6. The third-order valence-corrected chi connectivity index (χ3v) is 7.84. The summed E-state index contributed by atoms with van der Waals surface area (Å²) in [5.41, 5.74) is 8.96. The third kappa shape index (κ3) is 9.73. The summed E-state index contributed by atoms with van der Waals surface area (Å²) in [6.45, 7) is 4.08. The lowest BCUT2D eigenvalue weighted by Crippen LogP contribution is -2.51. The fraction of sp³-hybridized carbons (Fsp3) is 0.480. The van der Waals surface area contributed by atoms with Gasteiger partial charge >= 0.3 is 0 Å². The quantitative estimate of drug-likeness (QED) is 0.120. The number of carbonyl (C=O) groups is 1. The first-order valence-corrected chi connectivity index (χ1v) is 13.6. The average molecular weight is 529 g/mol. The Bertz CT molecular complexity index is 1160. The lowest BCUT2D eigenvalue weighted by atomic mass is 9.87. The molecule has 12 heteroatoms. The maximum atomic E-state index is 13.7. The van der Waals surface area contributed by atoms with Crippen LogP contribution in [-0.2, 0) is 16.4 Å². The molecule has 10 nitrogen and oxygen atoms in total. The van der Waals surface area contributed by atoms with E-state index in [4.69, 9.17) is 10.3 Å². The van der Waals surface area contributed by atoms with Crippen molar-refractivity contribution in [2.45, 2.75) is 50.2 Å². The van der Waals surface area contributed by atoms with Crippen molar-refractivity contribution in [2.75, 3.05) is 26.7 Å². The van der Waals surface area contributed by atoms with E-state index in [1.54, 1.807) is 12.1 Å². The van der Waals surface area contributed by atoms with Gasteiger partial charge in [0.05, 0.1) is 24.2 Å². The Morgan fingerprint density at radius 3 is 2.43 bits per heavy atom. The van der Waals surface area contributed by atoms with Crippen molar-refractivity contribution < 1.29 is 23.1 Å². The molecular weight excluding hydrogens is 493 g/mol. The summed E-state index contributed by atoms with van der Waals surface area (Å²) >= 11 is 0. The highest BCUT2D eigenvalue weighted by Gasteiger charge is 2.34. The average Bonchev–Trinajstić information content (AvgIpc) is 2.86. The van der Waals surface area contributed by atoms with Gasteiger partial charge in [0.15, 0.2) is 5.81 Å². The molecule has 0 aliphatic rings. The van der Waals surface area contributed by atoms with Crippen LogP contribution in [0.5, 0.6) is 5.75 Å². The van der Waals surface area contributed by atoms with Crippen LogP contribution >= 0.6 is 0 Å². The molecule has 2 aromatic carbocycles. The summed E-state index contributed by atoms with van der Waals surface area (Å²) in [7, 11) is -1.14. The molecule has 0 heterocycles. The number of carbonyl (C=O) groups excluding carboxylic acids is 1. The van der Waals surface area contributed by atoms with Crippen LogP contribution in [0.15, 0.2) is 64.6 Å². The first-order valence-electron chi connectivity index (χ1n) is 12.1. The Morgan fingerprint density at radius 1 is 1.22 bits per heavy atom. The molecule has 0 unspecified atom stereocenters. The van der Waals surface area contributed by atoms with E-state index < -0.39 is 27.6 Å². The maximum Gasteiger partial charge on any atom is 0.243 e. The number of methoxy groups -OCH3 is 1. The number of amides is 1. The molecule has 0 radical (unpaired) electrons. The number of ether oxygens (including phenoxy) is 1. The lowest BCUT2D eigenvalue weighted by Gasteiger charge is -2.35. The Hall–Kier alpha value is -3.05. The van der Waals surface area contributed by atoms with Gasteiger partial charge in [-0.1, -0.05) is 49.3 Å². The third-order valence-electron chi connectivity index (χ3n) is 6.02. The standard InChI is InChI=1S/C25H36BN5O5S/c1-25(2,14-7-15-28-30-27)18-31(37(34,35)21-12-10-20(36-3)11-13-21)17-23(32)22(29-24(26)33)16-19-8-5-4-6-9-19/h4-6,8-13,22-23,32H,7,14-18,26H2,1-3H3,(H,29,33)/t22-,23+/m0/s1. The smallest absolute Gasteiger partial charge is 0.243 e. The van der Waals surface area contributed by atoms with Gasteiger partial charge in [0.25, 0.3) is 0 Å². The van der Waals surface area contributed by atoms with Gasteiger partial charge in [0.1, 0.15) is 5.75 Å². The van der Waals surface area contributed by atoms with Gasteiger partial charge in [-0.25, -0.2) is 8.42 Å². The molecule has 0 aliphatic carbocycles. The minimum absolute atomic E-state index is 0.0736. The minimum Gasteiger partial charge on any atom is -0.497 e. The van der Waals surface area contributed by atoms with E-state index in [1.807, 2.05) is 44.2 Å². The number of azide groups is 1. The highest BCUT2D eigenvalue weighted by Crippen LogP contribution is 2.28. The molecule has 2 rings (SSSR count). The summed E-state index contributed by atoms with van der Waals surface area (Å²) in [6, 6.07) is 14.8. The Kier molecular flexibility index (Phi) is 11.5. The molecule has 2 N–H and O–H groups in total. The maximum absolute atomic E-state index is 13.7. The van der Waals surface area contributed by atoms with Gasteiger partial charge in [-0.3, -0.25) is 4.79 Å². The summed E-state index contributed by atoms with van der Waals surface area (Å²) in [4.78, 5) is 14.8. The number of hydrogen-bond acceptors (Lipinski definition) is 6. The SMILES string of the molecule is BC(=O)N[C@@H](Cc1ccccc1)[C@H](O)CN(CC(C)(C)CCCN=[N+]=[N-])S(=O)(=O)c1ccc(OC)cc1. The van der Waals surface area contributed by atoms with Gasteiger partial charge < -0.3 is 15.2 Å². The van der Waals surface area contributed by atoms with Gasteiger partial charge in [-0.2, -0.15) is 4.31 Å². The second-order valence-electron chi connectivity index (χ2n) is 9.76. The molecule has 0 bridgehead atoms. The van der Waals surface area contributed by atoms with Crippen LogP contribution in [0.2, 0.25) is 0 Å². The van der Waals surface area contributed by atoms with Crippen LogP contribution in [0, 0.1) is 5.41 Å². The molecule has 0 aliphatic heterocycles. The summed E-state index contributed by atoms with van der Waals surface area (Å²) < 4.78 is 33.9. The zero-order valence-electron chi connectivity index (χ0n) is 21.9. The molecule has 2 aromatic rings. The van der Waals surface area contributed by atoms with Gasteiger partial charge in [0.2, 0.25) is 17.9 Å². The molecule has 1 amide bonds. The number of aliphatic hydroxyl groups excluding tert-OH is 1. The summed E-state index contributed by atoms with van der Waals surface area (Å²) in [6.07, 6.45) is 0.373. The van der Waals surface area contributed by atoms with Crippen LogP contribution in [0.25, 0.3) is 10.4 Å². The molecule has 37 heavy (non-hydrogen) atoms. The molecule has 0 saturated heterocycles. The molecule has 200 valence electrons. The first-order chi connectivity index (χ1) is 17.5. The second-order valence-corrected chi connectivity index (χ2v) is 11.7. The van der Waals surface area contributed by atoms with Gasteiger partial charge in [0, 0.05) is 24.5 Å². The van der Waals surface area contributed by atoms with Crippen molar-refractivity contribution in [2.24, 2.45) is 10.5 Å². The second kappa shape index (κ2) is 14.0. The van der Waals surface area contributed by atoms with Crippen molar-refractivity contribution in [3.63, 3.8) is 0 Å². The van der Waals surface area contributed by atoms with E-state index in [-0.39, 0.29) is 23.8 Å². The zero-order valence-corrected chi connectivity index (χ0v) is 22.7. The molecule has 0 saturated carbocycles. The Labute approximate surface area is 220 Å². The van der Waals surface area contributed by atoms with Crippen molar-refractivity contribution in [1.82, 2.24) is 9.62 Å². The van der Waals surface area contributed by atoms with E-state index in [9.17, 15) is 18.3 Å². The van der Waals surface area contributed by atoms with Crippen LogP contribution in [0.4, 0.5) is 4.79 Å². The van der Waals surface area contributed by atoms with Crippen molar-refractivity contribution >= 4 is 23.7 Å². The fourth-order valence-electron chi connectivity index (χ4n) is 4.12. The zero-order chi connectivity index (χ0) is 27.5. The van der Waals surface area contributed by atoms with E-state index in [1.165, 1.54) is 31.4 Å². The van der Waals surface area contributed by atoms with Crippen molar-refractivity contribution in [3.8, 4) is 5.75 Å². The first kappa shape index (κ1) is 30.2.